The molecular formula is C18H16NO3PS. The summed E-state index contributed by atoms with van der Waals surface area (Å²) >= 11 is 0. The molecule has 3 aromatic rings. The summed E-state index contributed by atoms with van der Waals surface area (Å²) in [6, 6.07) is 25.2. The standard InChI is InChI=1S/C18H16NO3PS/c20-23(16-10-4-1-5-11-16,17-12-6-2-7-13-17)19-24(21,22)18-14-8-3-9-15-18/h1-15H,(H,19,20). The lowest BCUT2D eigenvalue weighted by Crippen LogP contribution is -2.32. The van der Waals surface area contributed by atoms with E-state index in [9.17, 15) is 13.0 Å². The lowest BCUT2D eigenvalue weighted by atomic mass is 10.4. The second-order valence-corrected chi connectivity index (χ2v) is 9.65. The quantitative estimate of drug-likeness (QED) is 0.714. The van der Waals surface area contributed by atoms with E-state index in [1.54, 1.807) is 78.9 Å². The number of nitrogens with one attached hydrogen (secondary N) is 1. The van der Waals surface area contributed by atoms with Crippen LogP contribution in [0.5, 0.6) is 0 Å². The normalized spacial score (nSPS) is 12.0. The van der Waals surface area contributed by atoms with E-state index in [0.717, 1.165) is 0 Å². The van der Waals surface area contributed by atoms with Crippen molar-refractivity contribution in [3.05, 3.63) is 91.0 Å². The molecule has 3 rings (SSSR count). The van der Waals surface area contributed by atoms with Crippen LogP contribution in [-0.2, 0) is 14.6 Å². The predicted octanol–water partition coefficient (Wildman–Crippen LogP) is 2.89. The number of sulfonamides is 1. The molecule has 0 saturated carbocycles. The zero-order chi connectivity index (χ0) is 17.0. The van der Waals surface area contributed by atoms with Crippen LogP contribution in [0.4, 0.5) is 0 Å². The largest absolute Gasteiger partial charge is 0.296 e. The molecule has 0 aliphatic rings. The second-order valence-electron chi connectivity index (χ2n) is 5.19. The van der Waals surface area contributed by atoms with Crippen molar-refractivity contribution < 1.29 is 13.0 Å². The van der Waals surface area contributed by atoms with Crippen LogP contribution in [0, 0.1) is 0 Å². The van der Waals surface area contributed by atoms with Crippen molar-refractivity contribution in [2.75, 3.05) is 0 Å². The van der Waals surface area contributed by atoms with E-state index in [0.29, 0.717) is 10.6 Å². The molecule has 4 nitrogen and oxygen atoms in total. The molecule has 3 aromatic carbocycles. The number of benzene rings is 3. The molecule has 122 valence electrons. The van der Waals surface area contributed by atoms with Gasteiger partial charge in [-0.3, -0.25) is 4.57 Å². The molecule has 0 unspecified atom stereocenters. The molecule has 1 N–H and O–H groups in total. The number of hydrogen-bond donors (Lipinski definition) is 1. The van der Waals surface area contributed by atoms with Crippen molar-refractivity contribution in [3.8, 4) is 0 Å². The summed E-state index contributed by atoms with van der Waals surface area (Å²) in [5.74, 6) is 0. The first-order valence-corrected chi connectivity index (χ1v) is 10.5. The Balaban J connectivity index is 2.12. The average Bonchev–Trinajstić information content (AvgIpc) is 2.63. The maximum absolute atomic E-state index is 13.7. The van der Waals surface area contributed by atoms with Crippen molar-refractivity contribution in [2.24, 2.45) is 0 Å². The van der Waals surface area contributed by atoms with E-state index in [-0.39, 0.29) is 4.90 Å². The fourth-order valence-corrected chi connectivity index (χ4v) is 6.97. The summed E-state index contributed by atoms with van der Waals surface area (Å²) in [6.07, 6.45) is 0. The van der Waals surface area contributed by atoms with Crippen molar-refractivity contribution in [2.45, 2.75) is 4.90 Å². The molecule has 24 heavy (non-hydrogen) atoms. The Kier molecular flexibility index (Phi) is 4.67. The Bertz CT molecular complexity index is 915. The van der Waals surface area contributed by atoms with Crippen LogP contribution < -0.4 is 15.1 Å². The van der Waals surface area contributed by atoms with Gasteiger partial charge in [-0.2, -0.15) is 4.49 Å². The van der Waals surface area contributed by atoms with Crippen LogP contribution in [0.3, 0.4) is 0 Å². The molecule has 0 atom stereocenters. The van der Waals surface area contributed by atoms with Gasteiger partial charge in [0.2, 0.25) is 17.3 Å². The lowest BCUT2D eigenvalue weighted by molar-refractivity contribution is 0.575. The Morgan fingerprint density at radius 2 is 1.00 bits per heavy atom. The summed E-state index contributed by atoms with van der Waals surface area (Å²) in [4.78, 5) is 0.0806. The highest BCUT2D eigenvalue weighted by Crippen LogP contribution is 2.40. The minimum atomic E-state index is -3.93. The smallest absolute Gasteiger partial charge is 0.246 e. The fourth-order valence-electron chi connectivity index (χ4n) is 2.35. The average molecular weight is 357 g/mol. The summed E-state index contributed by atoms with van der Waals surface area (Å²) in [5.41, 5.74) is 0. The summed E-state index contributed by atoms with van der Waals surface area (Å²) in [7, 11) is -7.48. The van der Waals surface area contributed by atoms with E-state index in [2.05, 4.69) is 4.49 Å². The van der Waals surface area contributed by atoms with Crippen LogP contribution in [0.15, 0.2) is 95.9 Å². The molecule has 0 radical (unpaired) electrons. The van der Waals surface area contributed by atoms with Crippen LogP contribution in [0.2, 0.25) is 0 Å². The van der Waals surface area contributed by atoms with Gasteiger partial charge < -0.3 is 0 Å². The van der Waals surface area contributed by atoms with Crippen molar-refractivity contribution in [3.63, 3.8) is 0 Å². The molecule has 0 saturated heterocycles. The molecule has 0 spiro atoms. The molecule has 0 heterocycles. The van der Waals surface area contributed by atoms with Crippen LogP contribution in [0.1, 0.15) is 0 Å². The van der Waals surface area contributed by atoms with Crippen molar-refractivity contribution >= 4 is 27.9 Å². The summed E-state index contributed by atoms with van der Waals surface area (Å²) in [5, 5.41) is 0.881. The highest BCUT2D eigenvalue weighted by atomic mass is 32.2. The van der Waals surface area contributed by atoms with Crippen molar-refractivity contribution in [1.29, 1.82) is 0 Å². The summed E-state index contributed by atoms with van der Waals surface area (Å²) in [6.45, 7) is 0. The summed E-state index contributed by atoms with van der Waals surface area (Å²) < 4.78 is 41.6. The van der Waals surface area contributed by atoms with Gasteiger partial charge in [-0.1, -0.05) is 54.6 Å². The van der Waals surface area contributed by atoms with E-state index < -0.39 is 17.3 Å². The molecule has 0 bridgehead atoms. The van der Waals surface area contributed by atoms with Crippen molar-refractivity contribution in [1.82, 2.24) is 4.49 Å². The number of rotatable bonds is 5. The number of hydrogen-bond acceptors (Lipinski definition) is 3. The third kappa shape index (κ3) is 3.34. The molecular weight excluding hydrogens is 341 g/mol. The lowest BCUT2D eigenvalue weighted by Gasteiger charge is -2.20. The van der Waals surface area contributed by atoms with Gasteiger partial charge in [0.25, 0.3) is 0 Å². The van der Waals surface area contributed by atoms with Gasteiger partial charge in [0.05, 0.1) is 4.90 Å². The minimum Gasteiger partial charge on any atom is -0.296 e. The van der Waals surface area contributed by atoms with E-state index in [4.69, 9.17) is 0 Å². The van der Waals surface area contributed by atoms with Gasteiger partial charge in [-0.25, -0.2) is 8.42 Å². The second kappa shape index (κ2) is 6.73. The Labute approximate surface area is 141 Å². The van der Waals surface area contributed by atoms with Gasteiger partial charge in [0.15, 0.2) is 0 Å². The topological polar surface area (TPSA) is 63.2 Å². The van der Waals surface area contributed by atoms with Gasteiger partial charge in [-0.15, -0.1) is 0 Å². The monoisotopic (exact) mass is 357 g/mol. The SMILES string of the molecule is O=P(NS(=O)(=O)c1ccccc1)(c1ccccc1)c1ccccc1. The first kappa shape index (κ1) is 16.7. The first-order chi connectivity index (χ1) is 11.5. The van der Waals surface area contributed by atoms with E-state index in [1.165, 1.54) is 12.1 Å². The minimum absolute atomic E-state index is 0.0806. The zero-order valence-corrected chi connectivity index (χ0v) is 14.5. The van der Waals surface area contributed by atoms with Gasteiger partial charge in [0, 0.05) is 10.6 Å². The van der Waals surface area contributed by atoms with Gasteiger partial charge in [0.1, 0.15) is 0 Å². The highest BCUT2D eigenvalue weighted by Gasteiger charge is 2.33. The molecule has 0 fully saturated rings. The Morgan fingerprint density at radius 1 is 0.625 bits per heavy atom. The Hall–Kier alpha value is -2.20. The third-order valence-electron chi connectivity index (χ3n) is 3.54. The van der Waals surface area contributed by atoms with E-state index in [1.807, 2.05) is 0 Å². The zero-order valence-electron chi connectivity index (χ0n) is 12.7. The van der Waals surface area contributed by atoms with Crippen LogP contribution in [0.25, 0.3) is 0 Å². The predicted molar refractivity (Wildman–Crippen MR) is 96.5 cm³/mol. The fraction of sp³-hybridized carbons (Fsp3) is 0. The maximum atomic E-state index is 13.7. The van der Waals surface area contributed by atoms with Gasteiger partial charge in [-0.05, 0) is 36.4 Å². The first-order valence-electron chi connectivity index (χ1n) is 7.33. The van der Waals surface area contributed by atoms with E-state index >= 15 is 0 Å². The highest BCUT2D eigenvalue weighted by molar-refractivity contribution is 7.99. The molecule has 0 aliphatic carbocycles. The molecule has 0 aromatic heterocycles. The van der Waals surface area contributed by atoms with Crippen LogP contribution in [-0.4, -0.2) is 8.42 Å². The molecule has 0 aliphatic heterocycles. The maximum Gasteiger partial charge on any atom is 0.246 e. The Morgan fingerprint density at radius 3 is 1.42 bits per heavy atom. The molecule has 6 heteroatoms. The van der Waals surface area contributed by atoms with Crippen LogP contribution >= 0.6 is 7.29 Å². The third-order valence-corrected chi connectivity index (χ3v) is 8.48. The van der Waals surface area contributed by atoms with Gasteiger partial charge >= 0.3 is 0 Å². The molecule has 0 amide bonds.